The number of aliphatic hydroxyl groups is 1. The summed E-state index contributed by atoms with van der Waals surface area (Å²) in [6.07, 6.45) is 13.5. The fraction of sp³-hybridized carbons (Fsp3) is 0.643. The molecule has 0 radical (unpaired) electrons. The van der Waals surface area contributed by atoms with E-state index in [1.54, 1.807) is 0 Å². The third-order valence-electron chi connectivity index (χ3n) is 10.4. The van der Waals surface area contributed by atoms with Crippen molar-refractivity contribution in [3.05, 3.63) is 42.6 Å². The van der Waals surface area contributed by atoms with Crippen LogP contribution in [0.2, 0.25) is 0 Å². The van der Waals surface area contributed by atoms with Crippen LogP contribution in [0.25, 0.3) is 16.6 Å². The van der Waals surface area contributed by atoms with Crippen LogP contribution in [-0.2, 0) is 0 Å². The second-order valence-corrected chi connectivity index (χ2v) is 11.6. The maximum Gasteiger partial charge on any atom is 0.0654 e. The van der Waals surface area contributed by atoms with E-state index in [0.29, 0.717) is 17.3 Å². The molecule has 2 nitrogen and oxygen atoms in total. The molecular weight excluding hydrogens is 366 g/mol. The molecule has 6 rings (SSSR count). The van der Waals surface area contributed by atoms with Gasteiger partial charge in [-0.05, 0) is 91.0 Å². The first-order chi connectivity index (χ1) is 14.4. The maximum absolute atomic E-state index is 11.7. The van der Waals surface area contributed by atoms with Gasteiger partial charge in [0, 0.05) is 17.3 Å². The van der Waals surface area contributed by atoms with Crippen molar-refractivity contribution >= 4 is 16.6 Å². The number of benzene rings is 1. The average molecular weight is 404 g/mol. The van der Waals surface area contributed by atoms with Crippen LogP contribution >= 0.6 is 0 Å². The van der Waals surface area contributed by atoms with Gasteiger partial charge in [0.1, 0.15) is 0 Å². The average Bonchev–Trinajstić information content (AvgIpc) is 3.31. The number of hydrogen-bond acceptors (Lipinski definition) is 1. The molecule has 0 aliphatic heterocycles. The van der Waals surface area contributed by atoms with Gasteiger partial charge in [-0.2, -0.15) is 0 Å². The number of rotatable bonds is 1. The van der Waals surface area contributed by atoms with Crippen molar-refractivity contribution in [1.82, 2.24) is 4.57 Å². The molecular formula is C28H37NO. The SMILES string of the molecule is C[C@@H]1CC[C@]2(C)C3CC(O)[C@]4(C)C(n5ccc6ccccc65)=CCC4C3CC[C@@H]2C1. The molecule has 4 unspecified atom stereocenters. The van der Waals surface area contributed by atoms with Gasteiger partial charge in [-0.15, -0.1) is 0 Å². The van der Waals surface area contributed by atoms with Crippen LogP contribution in [0, 0.1) is 40.4 Å². The van der Waals surface area contributed by atoms with Gasteiger partial charge >= 0.3 is 0 Å². The zero-order valence-corrected chi connectivity index (χ0v) is 18.8. The topological polar surface area (TPSA) is 25.2 Å². The van der Waals surface area contributed by atoms with E-state index >= 15 is 0 Å². The highest BCUT2D eigenvalue weighted by molar-refractivity contribution is 5.84. The van der Waals surface area contributed by atoms with Crippen LogP contribution in [0.4, 0.5) is 0 Å². The molecule has 4 aliphatic rings. The Morgan fingerprint density at radius 2 is 1.83 bits per heavy atom. The minimum Gasteiger partial charge on any atom is -0.392 e. The lowest BCUT2D eigenvalue weighted by Crippen LogP contribution is -2.57. The maximum atomic E-state index is 11.7. The normalized spacial score (nSPS) is 45.5. The lowest BCUT2D eigenvalue weighted by Gasteiger charge is -2.62. The van der Waals surface area contributed by atoms with E-state index in [-0.39, 0.29) is 11.5 Å². The van der Waals surface area contributed by atoms with E-state index in [1.807, 2.05) is 0 Å². The molecule has 2 aromatic rings. The van der Waals surface area contributed by atoms with Gasteiger partial charge in [-0.1, -0.05) is 51.5 Å². The Hall–Kier alpha value is -1.54. The summed E-state index contributed by atoms with van der Waals surface area (Å²) in [6.45, 7) is 7.43. The summed E-state index contributed by atoms with van der Waals surface area (Å²) in [7, 11) is 0. The van der Waals surface area contributed by atoms with E-state index in [9.17, 15) is 5.11 Å². The molecule has 1 aromatic carbocycles. The van der Waals surface area contributed by atoms with E-state index in [4.69, 9.17) is 0 Å². The molecule has 1 N–H and O–H groups in total. The molecule has 0 bridgehead atoms. The predicted octanol–water partition coefficient (Wildman–Crippen LogP) is 6.74. The standard InChI is InChI=1S/C28H37NO/c1-18-12-14-27(2)20(16-18)8-9-21-22-10-11-25(28(22,3)26(30)17-23(21)27)29-15-13-19-6-4-5-7-24(19)29/h4-7,11,13,15,18,20-23,26,30H,8-10,12,14,16-17H2,1-3H3/t18-,20-,21?,22?,23?,26?,27+,28+/m1/s1. The van der Waals surface area contributed by atoms with Crippen LogP contribution in [0.3, 0.4) is 0 Å². The molecule has 0 spiro atoms. The van der Waals surface area contributed by atoms with Gasteiger partial charge < -0.3 is 9.67 Å². The van der Waals surface area contributed by atoms with Crippen molar-refractivity contribution < 1.29 is 5.11 Å². The van der Waals surface area contributed by atoms with E-state index in [0.717, 1.165) is 30.6 Å². The van der Waals surface area contributed by atoms with Gasteiger partial charge in [0.2, 0.25) is 0 Å². The molecule has 2 heteroatoms. The van der Waals surface area contributed by atoms with Crippen LogP contribution in [0.5, 0.6) is 0 Å². The number of para-hydroxylation sites is 1. The second-order valence-electron chi connectivity index (χ2n) is 11.6. The molecule has 8 atom stereocenters. The Labute approximate surface area is 181 Å². The quantitative estimate of drug-likeness (QED) is 0.560. The first-order valence-electron chi connectivity index (χ1n) is 12.4. The molecule has 3 fully saturated rings. The van der Waals surface area contributed by atoms with Crippen molar-refractivity contribution in [3.8, 4) is 0 Å². The third-order valence-corrected chi connectivity index (χ3v) is 10.4. The predicted molar refractivity (Wildman–Crippen MR) is 124 cm³/mol. The number of hydrogen-bond donors (Lipinski definition) is 1. The summed E-state index contributed by atoms with van der Waals surface area (Å²) in [5.41, 5.74) is 2.94. The van der Waals surface area contributed by atoms with Gasteiger partial charge in [0.25, 0.3) is 0 Å². The smallest absolute Gasteiger partial charge is 0.0654 e. The number of aromatic nitrogens is 1. The summed E-state index contributed by atoms with van der Waals surface area (Å²) in [5, 5.41) is 13.0. The highest BCUT2D eigenvalue weighted by Gasteiger charge is 2.61. The number of fused-ring (bicyclic) bond motifs is 6. The zero-order chi connectivity index (χ0) is 20.7. The molecule has 1 heterocycles. The molecule has 160 valence electrons. The fourth-order valence-electron chi connectivity index (χ4n) is 8.65. The summed E-state index contributed by atoms with van der Waals surface area (Å²) < 4.78 is 2.38. The van der Waals surface area contributed by atoms with Crippen molar-refractivity contribution in [2.45, 2.75) is 71.8 Å². The summed E-state index contributed by atoms with van der Waals surface area (Å²) in [6, 6.07) is 10.9. The van der Waals surface area contributed by atoms with Crippen LogP contribution < -0.4 is 0 Å². The van der Waals surface area contributed by atoms with Crippen LogP contribution in [0.1, 0.15) is 65.7 Å². The van der Waals surface area contributed by atoms with E-state index < -0.39 is 0 Å². The minimum absolute atomic E-state index is 0.131. The lowest BCUT2D eigenvalue weighted by molar-refractivity contribution is -0.145. The van der Waals surface area contributed by atoms with Crippen molar-refractivity contribution in [2.75, 3.05) is 0 Å². The molecule has 0 saturated heterocycles. The molecule has 0 amide bonds. The molecule has 1 aromatic heterocycles. The van der Waals surface area contributed by atoms with Crippen molar-refractivity contribution in [3.63, 3.8) is 0 Å². The number of aliphatic hydroxyl groups excluding tert-OH is 1. The van der Waals surface area contributed by atoms with Crippen LogP contribution in [0.15, 0.2) is 42.6 Å². The van der Waals surface area contributed by atoms with E-state index in [2.05, 4.69) is 67.9 Å². The minimum atomic E-state index is -0.242. The Morgan fingerprint density at radius 3 is 2.70 bits per heavy atom. The van der Waals surface area contributed by atoms with Gasteiger partial charge in [0.05, 0.1) is 11.6 Å². The fourth-order valence-corrected chi connectivity index (χ4v) is 8.65. The Balaban J connectivity index is 1.37. The first-order valence-corrected chi connectivity index (χ1v) is 12.4. The summed E-state index contributed by atoms with van der Waals surface area (Å²) >= 11 is 0. The monoisotopic (exact) mass is 403 g/mol. The highest BCUT2D eigenvalue weighted by Crippen LogP contribution is 2.67. The van der Waals surface area contributed by atoms with Crippen LogP contribution in [-0.4, -0.2) is 15.8 Å². The molecule has 30 heavy (non-hydrogen) atoms. The Kier molecular flexibility index (Phi) is 4.14. The van der Waals surface area contributed by atoms with Gasteiger partial charge in [0.15, 0.2) is 0 Å². The largest absolute Gasteiger partial charge is 0.392 e. The second kappa shape index (κ2) is 6.48. The number of allylic oxidation sites excluding steroid dienone is 1. The third kappa shape index (κ3) is 2.40. The van der Waals surface area contributed by atoms with Gasteiger partial charge in [-0.25, -0.2) is 0 Å². The molecule has 4 aliphatic carbocycles. The van der Waals surface area contributed by atoms with Gasteiger partial charge in [-0.3, -0.25) is 0 Å². The number of nitrogens with zero attached hydrogens (tertiary/aromatic N) is 1. The van der Waals surface area contributed by atoms with Crippen molar-refractivity contribution in [2.24, 2.45) is 40.4 Å². The Bertz CT molecular complexity index is 1000. The highest BCUT2D eigenvalue weighted by atomic mass is 16.3. The van der Waals surface area contributed by atoms with Crippen molar-refractivity contribution in [1.29, 1.82) is 0 Å². The zero-order valence-electron chi connectivity index (χ0n) is 18.8. The molecule has 3 saturated carbocycles. The summed E-state index contributed by atoms with van der Waals surface area (Å²) in [4.78, 5) is 0. The summed E-state index contributed by atoms with van der Waals surface area (Å²) in [5.74, 6) is 3.82. The lowest BCUT2D eigenvalue weighted by atomic mass is 9.44. The van der Waals surface area contributed by atoms with E-state index in [1.165, 1.54) is 48.7 Å². The Morgan fingerprint density at radius 1 is 1.00 bits per heavy atom. The first kappa shape index (κ1) is 19.2.